The number of ether oxygens (including phenoxy) is 1. The van der Waals surface area contributed by atoms with Gasteiger partial charge in [-0.3, -0.25) is 4.79 Å². The highest BCUT2D eigenvalue weighted by molar-refractivity contribution is 6.30. The topological polar surface area (TPSA) is 93.4 Å². The maximum absolute atomic E-state index is 14.0. The Morgan fingerprint density at radius 1 is 0.952 bits per heavy atom. The Hall–Kier alpha value is -4.59. The van der Waals surface area contributed by atoms with Crippen LogP contribution >= 0.6 is 11.6 Å². The summed E-state index contributed by atoms with van der Waals surface area (Å²) >= 11 is 5.67. The summed E-state index contributed by atoms with van der Waals surface area (Å²) in [4.78, 5) is 24.7. The van der Waals surface area contributed by atoms with Crippen molar-refractivity contribution < 1.29 is 50.2 Å². The molecule has 1 unspecified atom stereocenters. The van der Waals surface area contributed by atoms with Crippen molar-refractivity contribution in [3.05, 3.63) is 101 Å². The van der Waals surface area contributed by atoms with Gasteiger partial charge in [0.25, 0.3) is 5.91 Å². The fraction of sp³-hybridized carbons (Fsp3) is 0.148. The average Bonchev–Trinajstić information content (AvgIpc) is 3.36. The molecular formula is C27H17ClF7N3O4. The molecule has 4 rings (SSSR count). The number of nitrogens with one attached hydrogen (secondary N) is 1. The summed E-state index contributed by atoms with van der Waals surface area (Å²) in [5.74, 6) is -4.20. The Bertz CT molecular complexity index is 1600. The summed E-state index contributed by atoms with van der Waals surface area (Å²) < 4.78 is 96.6. The normalized spacial score (nSPS) is 12.6. The molecule has 0 saturated carbocycles. The van der Waals surface area contributed by atoms with Gasteiger partial charge in [0.2, 0.25) is 0 Å². The SMILES string of the molecule is O=C(NC(Cc1ccc(-c2ccc(OC(F)(F)F)cc2)cc1)C(=O)O)c1cnn(-c2ccc(F)c(Cl)c2)c1C(F)(F)F. The summed E-state index contributed by atoms with van der Waals surface area (Å²) in [6.45, 7) is 0. The maximum atomic E-state index is 14.0. The number of alkyl halides is 6. The molecule has 1 atom stereocenters. The van der Waals surface area contributed by atoms with Crippen LogP contribution in [0.1, 0.15) is 21.6 Å². The van der Waals surface area contributed by atoms with E-state index in [0.29, 0.717) is 27.6 Å². The van der Waals surface area contributed by atoms with Gasteiger partial charge in [0, 0.05) is 6.42 Å². The molecule has 2 N–H and O–H groups in total. The number of carboxylic acid groups (broad SMARTS) is 1. The molecule has 0 spiro atoms. The second kappa shape index (κ2) is 11.7. The van der Waals surface area contributed by atoms with E-state index in [9.17, 15) is 45.4 Å². The van der Waals surface area contributed by atoms with E-state index in [-0.39, 0.29) is 12.1 Å². The molecule has 0 bridgehead atoms. The minimum atomic E-state index is -5.12. The fourth-order valence-electron chi connectivity index (χ4n) is 3.95. The molecule has 3 aromatic carbocycles. The number of carbonyl (C=O) groups is 2. The lowest BCUT2D eigenvalue weighted by Crippen LogP contribution is -2.42. The summed E-state index contributed by atoms with van der Waals surface area (Å²) in [5, 5.41) is 14.8. The Balaban J connectivity index is 1.52. The highest BCUT2D eigenvalue weighted by atomic mass is 35.5. The minimum Gasteiger partial charge on any atom is -0.480 e. The van der Waals surface area contributed by atoms with Crippen LogP contribution in [0.5, 0.6) is 5.75 Å². The molecule has 220 valence electrons. The molecule has 15 heteroatoms. The van der Waals surface area contributed by atoms with Crippen LogP contribution in [-0.2, 0) is 17.4 Å². The van der Waals surface area contributed by atoms with Crippen molar-refractivity contribution in [2.24, 2.45) is 0 Å². The number of rotatable bonds is 8. The smallest absolute Gasteiger partial charge is 0.480 e. The van der Waals surface area contributed by atoms with Gasteiger partial charge in [-0.05, 0) is 47.0 Å². The number of aromatic nitrogens is 2. The molecule has 0 radical (unpaired) electrons. The van der Waals surface area contributed by atoms with E-state index in [1.54, 1.807) is 12.1 Å². The first-order valence-electron chi connectivity index (χ1n) is 11.7. The van der Waals surface area contributed by atoms with Gasteiger partial charge in [0.05, 0.1) is 22.5 Å². The summed E-state index contributed by atoms with van der Waals surface area (Å²) in [6.07, 6.45) is -9.67. The fourth-order valence-corrected chi connectivity index (χ4v) is 4.13. The Morgan fingerprint density at radius 3 is 2.07 bits per heavy atom. The first kappa shape index (κ1) is 30.4. The number of hydrogen-bond donors (Lipinski definition) is 2. The van der Waals surface area contributed by atoms with E-state index in [0.717, 1.165) is 30.3 Å². The van der Waals surface area contributed by atoms with Gasteiger partial charge in [0.1, 0.15) is 17.6 Å². The van der Waals surface area contributed by atoms with Gasteiger partial charge >= 0.3 is 18.5 Å². The summed E-state index contributed by atoms with van der Waals surface area (Å²) in [7, 11) is 0. The Morgan fingerprint density at radius 2 is 1.55 bits per heavy atom. The molecule has 7 nitrogen and oxygen atoms in total. The zero-order valence-electron chi connectivity index (χ0n) is 20.8. The van der Waals surface area contributed by atoms with Gasteiger partial charge in [-0.1, -0.05) is 48.0 Å². The third-order valence-electron chi connectivity index (χ3n) is 5.85. The third-order valence-corrected chi connectivity index (χ3v) is 6.14. The number of hydrogen-bond acceptors (Lipinski definition) is 4. The second-order valence-electron chi connectivity index (χ2n) is 8.75. The lowest BCUT2D eigenvalue weighted by Gasteiger charge is -2.17. The van der Waals surface area contributed by atoms with Gasteiger partial charge in [-0.15, -0.1) is 13.2 Å². The lowest BCUT2D eigenvalue weighted by atomic mass is 10.0. The predicted octanol–water partition coefficient (Wildman–Crippen LogP) is 6.67. The first-order valence-corrected chi connectivity index (χ1v) is 12.1. The number of benzene rings is 3. The van der Waals surface area contributed by atoms with E-state index in [1.165, 1.54) is 24.3 Å². The van der Waals surface area contributed by atoms with E-state index < -0.39 is 58.3 Å². The van der Waals surface area contributed by atoms with Gasteiger partial charge in [-0.25, -0.2) is 13.9 Å². The molecule has 0 aliphatic rings. The maximum Gasteiger partial charge on any atom is 0.573 e. The van der Waals surface area contributed by atoms with Crippen LogP contribution in [0.4, 0.5) is 30.7 Å². The Kier molecular flexibility index (Phi) is 8.48. The number of carboxylic acids is 1. The monoisotopic (exact) mass is 615 g/mol. The van der Waals surface area contributed by atoms with Crippen molar-refractivity contribution in [1.29, 1.82) is 0 Å². The molecule has 1 amide bonds. The van der Waals surface area contributed by atoms with E-state index >= 15 is 0 Å². The van der Waals surface area contributed by atoms with Crippen molar-refractivity contribution in [2.75, 3.05) is 0 Å². The zero-order valence-corrected chi connectivity index (χ0v) is 21.6. The van der Waals surface area contributed by atoms with Crippen LogP contribution in [0, 0.1) is 5.82 Å². The standard InChI is InChI=1S/C27H17ClF7N3O4/c28-20-12-17(7-10-21(20)29)38-23(26(30,31)32)19(13-36-38)24(39)37-22(25(40)41)11-14-1-3-15(4-2-14)16-5-8-18(9-6-16)42-27(33,34)35/h1-10,12-13,22H,11H2,(H,37,39)(H,40,41). The van der Waals surface area contributed by atoms with Crippen molar-refractivity contribution in [3.63, 3.8) is 0 Å². The van der Waals surface area contributed by atoms with Gasteiger partial charge < -0.3 is 15.2 Å². The highest BCUT2D eigenvalue weighted by Crippen LogP contribution is 2.34. The van der Waals surface area contributed by atoms with E-state index in [1.807, 2.05) is 0 Å². The van der Waals surface area contributed by atoms with Crippen LogP contribution in [0.25, 0.3) is 16.8 Å². The van der Waals surface area contributed by atoms with E-state index in [4.69, 9.17) is 11.6 Å². The largest absolute Gasteiger partial charge is 0.573 e. The molecule has 0 aliphatic heterocycles. The lowest BCUT2D eigenvalue weighted by molar-refractivity contribution is -0.274. The third kappa shape index (κ3) is 7.18. The molecule has 42 heavy (non-hydrogen) atoms. The quantitative estimate of drug-likeness (QED) is 0.216. The van der Waals surface area contributed by atoms with Gasteiger partial charge in [-0.2, -0.15) is 18.3 Å². The van der Waals surface area contributed by atoms with Crippen LogP contribution < -0.4 is 10.1 Å². The molecule has 0 saturated heterocycles. The molecule has 1 heterocycles. The van der Waals surface area contributed by atoms with Crippen LogP contribution in [-0.4, -0.2) is 39.2 Å². The molecular weight excluding hydrogens is 599 g/mol. The minimum absolute atomic E-state index is 0.287. The molecule has 0 aliphatic carbocycles. The number of aliphatic carboxylic acids is 1. The van der Waals surface area contributed by atoms with Crippen molar-refractivity contribution in [3.8, 4) is 22.6 Å². The highest BCUT2D eigenvalue weighted by Gasteiger charge is 2.41. The zero-order chi connectivity index (χ0) is 30.8. The predicted molar refractivity (Wildman–Crippen MR) is 135 cm³/mol. The van der Waals surface area contributed by atoms with Crippen LogP contribution in [0.15, 0.2) is 72.9 Å². The van der Waals surface area contributed by atoms with Gasteiger partial charge in [0.15, 0.2) is 5.69 Å². The van der Waals surface area contributed by atoms with E-state index in [2.05, 4.69) is 15.2 Å². The second-order valence-corrected chi connectivity index (χ2v) is 9.16. The molecule has 0 fully saturated rings. The average molecular weight is 616 g/mol. The van der Waals surface area contributed by atoms with Crippen molar-refractivity contribution >= 4 is 23.5 Å². The number of carbonyl (C=O) groups excluding carboxylic acids is 1. The first-order chi connectivity index (χ1) is 19.6. The number of amides is 1. The number of nitrogens with zero attached hydrogens (tertiary/aromatic N) is 2. The molecule has 4 aromatic rings. The van der Waals surface area contributed by atoms with Crippen LogP contribution in [0.2, 0.25) is 5.02 Å². The summed E-state index contributed by atoms with van der Waals surface area (Å²) in [5.41, 5.74) is -1.30. The van der Waals surface area contributed by atoms with Crippen LogP contribution in [0.3, 0.4) is 0 Å². The van der Waals surface area contributed by atoms with Crippen molar-refractivity contribution in [2.45, 2.75) is 25.0 Å². The Labute approximate surface area is 237 Å². The number of halogens is 8. The summed E-state index contributed by atoms with van der Waals surface area (Å²) in [6, 6.07) is 12.1. The molecule has 1 aromatic heterocycles. The van der Waals surface area contributed by atoms with Crippen molar-refractivity contribution in [1.82, 2.24) is 15.1 Å².